The highest BCUT2D eigenvalue weighted by atomic mass is 32.1. The van der Waals surface area contributed by atoms with E-state index in [1.807, 2.05) is 20.8 Å². The Morgan fingerprint density at radius 3 is 2.28 bits per heavy atom. The van der Waals surface area contributed by atoms with Gasteiger partial charge < -0.3 is 15.7 Å². The normalized spacial score (nSPS) is 13.0. The highest BCUT2D eigenvalue weighted by Gasteiger charge is 2.30. The third-order valence-electron chi connectivity index (χ3n) is 5.67. The molecule has 0 radical (unpaired) electrons. The number of carboxylic acid groups (broad SMARTS) is 1. The van der Waals surface area contributed by atoms with Crippen molar-refractivity contribution in [1.82, 2.24) is 15.6 Å². The fraction of sp³-hybridized carbons (Fsp3) is 0.333. The maximum Gasteiger partial charge on any atom is 0.306 e. The summed E-state index contributed by atoms with van der Waals surface area (Å²) >= 11 is 1.55. The summed E-state index contributed by atoms with van der Waals surface area (Å²) in [6, 6.07) is 11.8. The van der Waals surface area contributed by atoms with Crippen molar-refractivity contribution in [2.45, 2.75) is 52.1 Å². The topological polar surface area (TPSA) is 108 Å². The van der Waals surface area contributed by atoms with E-state index in [2.05, 4.69) is 15.6 Å². The Balaban J connectivity index is 1.72. The van der Waals surface area contributed by atoms with Gasteiger partial charge in [-0.2, -0.15) is 0 Å². The first kappa shape index (κ1) is 27.0. The zero-order valence-electron chi connectivity index (χ0n) is 20.7. The van der Waals surface area contributed by atoms with Gasteiger partial charge in [-0.25, -0.2) is 9.37 Å². The van der Waals surface area contributed by atoms with Crippen LogP contribution < -0.4 is 10.6 Å². The molecule has 36 heavy (non-hydrogen) atoms. The molecule has 0 aliphatic heterocycles. The predicted molar refractivity (Wildman–Crippen MR) is 137 cm³/mol. The number of nitrogens with zero attached hydrogens (tertiary/aromatic N) is 1. The number of hydrogen-bond acceptors (Lipinski definition) is 5. The second-order valence-corrected chi connectivity index (χ2v) is 10.8. The second-order valence-electron chi connectivity index (χ2n) is 9.53. The summed E-state index contributed by atoms with van der Waals surface area (Å²) in [5.41, 5.74) is 1.33. The summed E-state index contributed by atoms with van der Waals surface area (Å²) in [5, 5.41) is 15.8. The van der Waals surface area contributed by atoms with Crippen LogP contribution in [0.2, 0.25) is 0 Å². The number of carbonyl (C=O) groups is 3. The standard InChI is InChI=1S/C27H30FN3O4S/c1-16(26(34)35)13-22(24(33)31-27(3,4)14-18-5-11-21(28)12-6-18)30-23(32)19-7-9-20(10-8-19)25-29-15-17(2)36-25/h5-12,15-16,22H,13-14H2,1-4H3,(H,30,32)(H,31,33)(H,34,35)/t16-,22-/m0/s1. The van der Waals surface area contributed by atoms with Crippen LogP contribution in [0.15, 0.2) is 54.7 Å². The summed E-state index contributed by atoms with van der Waals surface area (Å²) < 4.78 is 13.2. The van der Waals surface area contributed by atoms with Gasteiger partial charge in [0.2, 0.25) is 5.91 Å². The first-order valence-electron chi connectivity index (χ1n) is 11.6. The van der Waals surface area contributed by atoms with Gasteiger partial charge in [-0.3, -0.25) is 14.4 Å². The maximum atomic E-state index is 13.2. The van der Waals surface area contributed by atoms with Gasteiger partial charge in [-0.1, -0.05) is 31.2 Å². The molecular weight excluding hydrogens is 481 g/mol. The van der Waals surface area contributed by atoms with Gasteiger partial charge in [0, 0.05) is 27.7 Å². The molecule has 2 atom stereocenters. The van der Waals surface area contributed by atoms with Crippen LogP contribution in [-0.2, 0) is 16.0 Å². The van der Waals surface area contributed by atoms with Crippen molar-refractivity contribution >= 4 is 29.1 Å². The molecule has 0 aliphatic carbocycles. The number of amides is 2. The molecular formula is C27H30FN3O4S. The van der Waals surface area contributed by atoms with E-state index in [0.717, 1.165) is 21.0 Å². The van der Waals surface area contributed by atoms with Gasteiger partial charge in [-0.15, -0.1) is 11.3 Å². The lowest BCUT2D eigenvalue weighted by atomic mass is 9.93. The predicted octanol–water partition coefficient (Wildman–Crippen LogP) is 4.60. The summed E-state index contributed by atoms with van der Waals surface area (Å²) in [4.78, 5) is 43.0. The largest absolute Gasteiger partial charge is 0.481 e. The number of thiazole rings is 1. The minimum atomic E-state index is -1.06. The number of aromatic nitrogens is 1. The van der Waals surface area contributed by atoms with Crippen LogP contribution >= 0.6 is 11.3 Å². The lowest BCUT2D eigenvalue weighted by Crippen LogP contribution is -2.54. The van der Waals surface area contributed by atoms with Gasteiger partial charge >= 0.3 is 5.97 Å². The van der Waals surface area contributed by atoms with E-state index >= 15 is 0 Å². The zero-order valence-corrected chi connectivity index (χ0v) is 21.5. The molecule has 0 saturated heterocycles. The Kier molecular flexibility index (Phi) is 8.57. The minimum absolute atomic E-state index is 0.0734. The Morgan fingerprint density at radius 2 is 1.72 bits per heavy atom. The fourth-order valence-electron chi connectivity index (χ4n) is 3.76. The average molecular weight is 512 g/mol. The SMILES string of the molecule is Cc1cnc(-c2ccc(C(=O)N[C@@H](C[C@H](C)C(=O)O)C(=O)NC(C)(C)Cc3ccc(F)cc3)cc2)s1. The molecule has 0 aliphatic rings. The van der Waals surface area contributed by atoms with Gasteiger partial charge in [0.25, 0.3) is 5.91 Å². The molecule has 9 heteroatoms. The Labute approximate surface area is 213 Å². The number of benzene rings is 2. The Bertz CT molecular complexity index is 1220. The molecule has 0 unspecified atom stereocenters. The van der Waals surface area contributed by atoms with E-state index in [1.165, 1.54) is 19.1 Å². The molecule has 190 valence electrons. The molecule has 1 heterocycles. The van der Waals surface area contributed by atoms with Crippen molar-refractivity contribution in [3.05, 3.63) is 76.5 Å². The van der Waals surface area contributed by atoms with E-state index < -0.39 is 35.3 Å². The number of carboxylic acids is 1. The van der Waals surface area contributed by atoms with Gasteiger partial charge in [0.15, 0.2) is 0 Å². The van der Waals surface area contributed by atoms with Crippen molar-refractivity contribution in [2.24, 2.45) is 5.92 Å². The van der Waals surface area contributed by atoms with Crippen molar-refractivity contribution in [3.8, 4) is 10.6 Å². The number of hydrogen-bond donors (Lipinski definition) is 3. The summed E-state index contributed by atoms with van der Waals surface area (Å²) in [6.07, 6.45) is 2.13. The first-order valence-corrected chi connectivity index (χ1v) is 12.4. The zero-order chi connectivity index (χ0) is 26.5. The lowest BCUT2D eigenvalue weighted by molar-refractivity contribution is -0.141. The molecule has 3 rings (SSSR count). The van der Waals surface area contributed by atoms with Crippen LogP contribution in [0.4, 0.5) is 4.39 Å². The molecule has 3 N–H and O–H groups in total. The summed E-state index contributed by atoms with van der Waals surface area (Å²) in [6.45, 7) is 7.08. The van der Waals surface area contributed by atoms with Crippen molar-refractivity contribution in [1.29, 1.82) is 0 Å². The third-order valence-corrected chi connectivity index (χ3v) is 6.63. The highest BCUT2D eigenvalue weighted by molar-refractivity contribution is 7.14. The van der Waals surface area contributed by atoms with Gasteiger partial charge in [0.1, 0.15) is 16.9 Å². The number of aliphatic carboxylic acids is 1. The summed E-state index contributed by atoms with van der Waals surface area (Å²) in [7, 11) is 0. The smallest absolute Gasteiger partial charge is 0.306 e. The number of aryl methyl sites for hydroxylation is 1. The van der Waals surface area contributed by atoms with Crippen molar-refractivity contribution in [3.63, 3.8) is 0 Å². The van der Waals surface area contributed by atoms with Crippen molar-refractivity contribution in [2.75, 3.05) is 0 Å². The first-order chi connectivity index (χ1) is 16.9. The molecule has 0 fully saturated rings. The highest BCUT2D eigenvalue weighted by Crippen LogP contribution is 2.25. The molecule has 2 aromatic carbocycles. The van der Waals surface area contributed by atoms with Gasteiger partial charge in [-0.05, 0) is 63.4 Å². The molecule has 0 saturated carbocycles. The number of rotatable bonds is 10. The number of halogens is 1. The molecule has 0 spiro atoms. The monoisotopic (exact) mass is 511 g/mol. The molecule has 7 nitrogen and oxygen atoms in total. The fourth-order valence-corrected chi connectivity index (χ4v) is 4.53. The van der Waals surface area contributed by atoms with Crippen LogP contribution in [0.1, 0.15) is 48.0 Å². The quantitative estimate of drug-likeness (QED) is 0.369. The van der Waals surface area contributed by atoms with Crippen LogP contribution in [-0.4, -0.2) is 39.5 Å². The number of nitrogens with one attached hydrogen (secondary N) is 2. The molecule has 2 amide bonds. The second kappa shape index (κ2) is 11.4. The lowest BCUT2D eigenvalue weighted by Gasteiger charge is -2.30. The molecule has 1 aromatic heterocycles. The minimum Gasteiger partial charge on any atom is -0.481 e. The van der Waals surface area contributed by atoms with E-state index in [4.69, 9.17) is 0 Å². The van der Waals surface area contributed by atoms with E-state index in [-0.39, 0.29) is 12.2 Å². The van der Waals surface area contributed by atoms with Crippen LogP contribution in [0.25, 0.3) is 10.6 Å². The van der Waals surface area contributed by atoms with Crippen LogP contribution in [0.5, 0.6) is 0 Å². The molecule has 3 aromatic rings. The van der Waals surface area contributed by atoms with Crippen molar-refractivity contribution < 1.29 is 23.9 Å². The van der Waals surface area contributed by atoms with Gasteiger partial charge in [0.05, 0.1) is 5.92 Å². The van der Waals surface area contributed by atoms with E-state index in [9.17, 15) is 23.9 Å². The number of carbonyl (C=O) groups excluding carboxylic acids is 2. The Morgan fingerprint density at radius 1 is 1.08 bits per heavy atom. The van der Waals surface area contributed by atoms with E-state index in [0.29, 0.717) is 12.0 Å². The van der Waals surface area contributed by atoms with Crippen LogP contribution in [0, 0.1) is 18.7 Å². The Hall–Kier alpha value is -3.59. The van der Waals surface area contributed by atoms with Crippen LogP contribution in [0.3, 0.4) is 0 Å². The molecule has 0 bridgehead atoms. The summed E-state index contributed by atoms with van der Waals surface area (Å²) in [5.74, 6) is -3.22. The van der Waals surface area contributed by atoms with E-state index in [1.54, 1.807) is 53.9 Å². The average Bonchev–Trinajstić information content (AvgIpc) is 3.25. The maximum absolute atomic E-state index is 13.2. The third kappa shape index (κ3) is 7.45.